The van der Waals surface area contributed by atoms with Crippen LogP contribution in [0.15, 0.2) is 30.3 Å². The predicted molar refractivity (Wildman–Crippen MR) is 103 cm³/mol. The zero-order valence-electron chi connectivity index (χ0n) is 13.8. The molecule has 0 spiro atoms. The van der Waals surface area contributed by atoms with Crippen molar-refractivity contribution in [2.24, 2.45) is 11.7 Å². The summed E-state index contributed by atoms with van der Waals surface area (Å²) < 4.78 is 0. The Balaban J connectivity index is 1.82. The quantitative estimate of drug-likeness (QED) is 0.784. The second-order valence-corrected chi connectivity index (χ2v) is 7.78. The molecule has 1 atom stereocenters. The highest BCUT2D eigenvalue weighted by atomic mass is 35.5. The molecule has 6 heteroatoms. The molecule has 2 aromatic rings. The van der Waals surface area contributed by atoms with E-state index in [1.807, 2.05) is 18.2 Å². The molecule has 0 bridgehead atoms. The number of nitrogens with one attached hydrogen (secondary N) is 1. The number of thiophene rings is 1. The standard InChI is InChI=1S/C19H19ClN2O2S/c1-11-6-8-13-15(10-11)25-19(17(13)18(21)24)22-16(23)9-7-12-4-2-3-5-14(12)20/h2-5,7,9,11H,6,8,10H2,1H3,(H2,21,24)(H,22,23). The number of fused-ring (bicyclic) bond motifs is 1. The zero-order chi connectivity index (χ0) is 18.0. The van der Waals surface area contributed by atoms with Crippen molar-refractivity contribution in [3.63, 3.8) is 0 Å². The predicted octanol–water partition coefficient (Wildman–Crippen LogP) is 4.28. The number of anilines is 1. The topological polar surface area (TPSA) is 72.2 Å². The number of benzene rings is 1. The molecule has 0 aliphatic heterocycles. The molecule has 1 heterocycles. The minimum Gasteiger partial charge on any atom is -0.365 e. The van der Waals surface area contributed by atoms with Gasteiger partial charge in [-0.1, -0.05) is 36.7 Å². The Bertz CT molecular complexity index is 857. The van der Waals surface area contributed by atoms with Crippen LogP contribution in [0.2, 0.25) is 5.02 Å². The van der Waals surface area contributed by atoms with Crippen molar-refractivity contribution in [2.75, 3.05) is 5.32 Å². The lowest BCUT2D eigenvalue weighted by molar-refractivity contribution is -0.111. The molecule has 1 aliphatic carbocycles. The minimum atomic E-state index is -0.488. The molecule has 3 rings (SSSR count). The smallest absolute Gasteiger partial charge is 0.251 e. The number of primary amides is 1. The fourth-order valence-corrected chi connectivity index (χ4v) is 4.65. The fraction of sp³-hybridized carbons (Fsp3) is 0.263. The molecule has 130 valence electrons. The second kappa shape index (κ2) is 7.42. The van der Waals surface area contributed by atoms with Crippen molar-refractivity contribution in [3.05, 3.63) is 56.9 Å². The summed E-state index contributed by atoms with van der Waals surface area (Å²) in [5, 5.41) is 3.92. The molecule has 1 unspecified atom stereocenters. The maximum Gasteiger partial charge on any atom is 0.251 e. The lowest BCUT2D eigenvalue weighted by Gasteiger charge is -2.18. The lowest BCUT2D eigenvalue weighted by atomic mass is 9.88. The van der Waals surface area contributed by atoms with E-state index < -0.39 is 5.91 Å². The average Bonchev–Trinajstić information content (AvgIpc) is 2.91. The third-order valence-electron chi connectivity index (χ3n) is 4.31. The number of hydrogen-bond acceptors (Lipinski definition) is 3. The van der Waals surface area contributed by atoms with Gasteiger partial charge < -0.3 is 11.1 Å². The maximum atomic E-state index is 12.3. The Morgan fingerprint density at radius 1 is 1.36 bits per heavy atom. The van der Waals surface area contributed by atoms with Crippen LogP contribution in [-0.4, -0.2) is 11.8 Å². The van der Waals surface area contributed by atoms with Gasteiger partial charge in [-0.25, -0.2) is 0 Å². The molecule has 25 heavy (non-hydrogen) atoms. The highest BCUT2D eigenvalue weighted by molar-refractivity contribution is 7.17. The van der Waals surface area contributed by atoms with Crippen molar-refractivity contribution in [1.29, 1.82) is 0 Å². The molecule has 0 saturated carbocycles. The van der Waals surface area contributed by atoms with E-state index in [1.54, 1.807) is 12.1 Å². The molecular weight excluding hydrogens is 356 g/mol. The van der Waals surface area contributed by atoms with Crippen molar-refractivity contribution in [3.8, 4) is 0 Å². The molecule has 1 aromatic heterocycles. The third-order valence-corrected chi connectivity index (χ3v) is 5.83. The highest BCUT2D eigenvalue weighted by Gasteiger charge is 2.26. The van der Waals surface area contributed by atoms with Gasteiger partial charge in [0, 0.05) is 16.0 Å². The van der Waals surface area contributed by atoms with Crippen LogP contribution < -0.4 is 11.1 Å². The Labute approximate surface area is 155 Å². The van der Waals surface area contributed by atoms with Crippen LogP contribution in [0.25, 0.3) is 6.08 Å². The normalized spacial score (nSPS) is 16.6. The van der Waals surface area contributed by atoms with E-state index in [9.17, 15) is 9.59 Å². The number of halogens is 1. The average molecular weight is 375 g/mol. The van der Waals surface area contributed by atoms with E-state index in [4.69, 9.17) is 17.3 Å². The van der Waals surface area contributed by atoms with Crippen LogP contribution in [0.3, 0.4) is 0 Å². The third kappa shape index (κ3) is 3.94. The van der Waals surface area contributed by atoms with Gasteiger partial charge in [-0.3, -0.25) is 9.59 Å². The van der Waals surface area contributed by atoms with Gasteiger partial charge in [0.2, 0.25) is 5.91 Å². The zero-order valence-corrected chi connectivity index (χ0v) is 15.4. The van der Waals surface area contributed by atoms with Crippen LogP contribution >= 0.6 is 22.9 Å². The van der Waals surface area contributed by atoms with Crippen LogP contribution in [0.1, 0.15) is 39.7 Å². The molecule has 0 radical (unpaired) electrons. The number of rotatable bonds is 4. The first-order chi connectivity index (χ1) is 12.0. The summed E-state index contributed by atoms with van der Waals surface area (Å²) in [7, 11) is 0. The van der Waals surface area contributed by atoms with Gasteiger partial charge in [0.15, 0.2) is 0 Å². The van der Waals surface area contributed by atoms with E-state index in [0.29, 0.717) is 21.5 Å². The summed E-state index contributed by atoms with van der Waals surface area (Å²) in [6, 6.07) is 7.27. The summed E-state index contributed by atoms with van der Waals surface area (Å²) in [6.45, 7) is 2.19. The number of amides is 2. The molecular formula is C19H19ClN2O2S. The maximum absolute atomic E-state index is 12.3. The van der Waals surface area contributed by atoms with Gasteiger partial charge in [-0.05, 0) is 48.4 Å². The Kier molecular flexibility index (Phi) is 5.25. The molecule has 0 fully saturated rings. The van der Waals surface area contributed by atoms with Crippen LogP contribution in [0, 0.1) is 5.92 Å². The monoisotopic (exact) mass is 374 g/mol. The fourth-order valence-electron chi connectivity index (χ4n) is 3.03. The largest absolute Gasteiger partial charge is 0.365 e. The Hall–Kier alpha value is -2.11. The Morgan fingerprint density at radius 2 is 2.12 bits per heavy atom. The second-order valence-electron chi connectivity index (χ2n) is 6.26. The van der Waals surface area contributed by atoms with E-state index in [2.05, 4.69) is 12.2 Å². The summed E-state index contributed by atoms with van der Waals surface area (Å²) >= 11 is 7.53. The molecule has 1 aromatic carbocycles. The van der Waals surface area contributed by atoms with Gasteiger partial charge >= 0.3 is 0 Å². The lowest BCUT2D eigenvalue weighted by Crippen LogP contribution is -2.18. The summed E-state index contributed by atoms with van der Waals surface area (Å²) in [6.07, 6.45) is 5.84. The van der Waals surface area contributed by atoms with Crippen molar-refractivity contribution in [2.45, 2.75) is 26.2 Å². The van der Waals surface area contributed by atoms with E-state index >= 15 is 0 Å². The first kappa shape index (κ1) is 17.7. The molecule has 3 N–H and O–H groups in total. The van der Waals surface area contributed by atoms with Crippen LogP contribution in [0.4, 0.5) is 5.00 Å². The Morgan fingerprint density at radius 3 is 2.84 bits per heavy atom. The summed E-state index contributed by atoms with van der Waals surface area (Å²) in [5.41, 5.74) is 7.78. The van der Waals surface area contributed by atoms with E-state index in [-0.39, 0.29) is 5.91 Å². The number of nitrogens with two attached hydrogens (primary N) is 1. The number of hydrogen-bond donors (Lipinski definition) is 2. The molecule has 2 amide bonds. The van der Waals surface area contributed by atoms with E-state index in [1.165, 1.54) is 17.4 Å². The van der Waals surface area contributed by atoms with Gasteiger partial charge in [-0.2, -0.15) is 0 Å². The summed E-state index contributed by atoms with van der Waals surface area (Å²) in [4.78, 5) is 25.3. The minimum absolute atomic E-state index is 0.311. The van der Waals surface area contributed by atoms with Crippen molar-refractivity contribution >= 4 is 45.8 Å². The molecule has 1 aliphatic rings. The van der Waals surface area contributed by atoms with Crippen LogP contribution in [0.5, 0.6) is 0 Å². The SMILES string of the molecule is CC1CCc2c(sc(NC(=O)C=Cc3ccccc3Cl)c2C(N)=O)C1. The highest BCUT2D eigenvalue weighted by Crippen LogP contribution is 2.39. The first-order valence-electron chi connectivity index (χ1n) is 8.13. The van der Waals surface area contributed by atoms with Gasteiger partial charge in [0.05, 0.1) is 5.56 Å². The molecule has 4 nitrogen and oxygen atoms in total. The number of carbonyl (C=O) groups is 2. The first-order valence-corrected chi connectivity index (χ1v) is 9.33. The van der Waals surface area contributed by atoms with Crippen LogP contribution in [-0.2, 0) is 17.6 Å². The summed E-state index contributed by atoms with van der Waals surface area (Å²) in [5.74, 6) is -0.220. The molecule has 0 saturated heterocycles. The van der Waals surface area contributed by atoms with Gasteiger partial charge in [-0.15, -0.1) is 11.3 Å². The van der Waals surface area contributed by atoms with E-state index in [0.717, 1.165) is 35.3 Å². The van der Waals surface area contributed by atoms with Crippen molar-refractivity contribution in [1.82, 2.24) is 0 Å². The van der Waals surface area contributed by atoms with Gasteiger partial charge in [0.25, 0.3) is 5.91 Å². The van der Waals surface area contributed by atoms with Gasteiger partial charge in [0.1, 0.15) is 5.00 Å². The number of carbonyl (C=O) groups excluding carboxylic acids is 2. The van der Waals surface area contributed by atoms with Crippen molar-refractivity contribution < 1.29 is 9.59 Å².